The summed E-state index contributed by atoms with van der Waals surface area (Å²) < 4.78 is 0. The van der Waals surface area contributed by atoms with Crippen LogP contribution in [0.1, 0.15) is 25.3 Å². The van der Waals surface area contributed by atoms with E-state index in [1.165, 1.54) is 5.56 Å². The molecule has 1 aromatic carbocycles. The number of hydrogen-bond acceptors (Lipinski definition) is 4. The van der Waals surface area contributed by atoms with Crippen LogP contribution in [-0.2, 0) is 11.3 Å². The van der Waals surface area contributed by atoms with Crippen LogP contribution < -0.4 is 11.3 Å². The minimum atomic E-state index is -0.0791. The van der Waals surface area contributed by atoms with Gasteiger partial charge < -0.3 is 0 Å². The fourth-order valence-corrected chi connectivity index (χ4v) is 2.80. The first-order valence-corrected chi connectivity index (χ1v) is 7.69. The lowest BCUT2D eigenvalue weighted by Crippen LogP contribution is -2.49. The van der Waals surface area contributed by atoms with E-state index in [0.717, 1.165) is 39.1 Å². The first-order valence-electron chi connectivity index (χ1n) is 7.69. The fourth-order valence-electron chi connectivity index (χ4n) is 2.80. The zero-order chi connectivity index (χ0) is 15.1. The van der Waals surface area contributed by atoms with E-state index in [-0.39, 0.29) is 5.91 Å². The lowest BCUT2D eigenvalue weighted by atomic mass is 10.1. The van der Waals surface area contributed by atoms with E-state index in [9.17, 15) is 4.79 Å². The zero-order valence-corrected chi connectivity index (χ0v) is 12.8. The molecule has 1 aromatic rings. The Bertz CT molecular complexity index is 429. The highest BCUT2D eigenvalue weighted by Gasteiger charge is 2.21. The average molecular weight is 290 g/mol. The molecule has 1 heterocycles. The molecule has 1 saturated heterocycles. The molecule has 1 amide bonds. The molecule has 2 rings (SSSR count). The van der Waals surface area contributed by atoms with Crippen LogP contribution in [0.2, 0.25) is 0 Å². The lowest BCUT2D eigenvalue weighted by Gasteiger charge is -2.38. The maximum absolute atomic E-state index is 11.2. The molecule has 0 radical (unpaired) electrons. The van der Waals surface area contributed by atoms with Crippen molar-refractivity contribution in [3.05, 3.63) is 35.9 Å². The number of amides is 1. The van der Waals surface area contributed by atoms with Crippen LogP contribution in [0.25, 0.3) is 0 Å². The van der Waals surface area contributed by atoms with Gasteiger partial charge >= 0.3 is 0 Å². The number of nitrogens with zero attached hydrogens (tertiary/aromatic N) is 2. The molecule has 0 aromatic heterocycles. The molecule has 5 heteroatoms. The molecule has 1 aliphatic rings. The predicted molar refractivity (Wildman–Crippen MR) is 84.3 cm³/mol. The number of carbonyl (C=O) groups excluding carboxylic acids is 1. The Morgan fingerprint density at radius 2 is 1.90 bits per heavy atom. The van der Waals surface area contributed by atoms with E-state index < -0.39 is 0 Å². The maximum atomic E-state index is 11.2. The highest BCUT2D eigenvalue weighted by atomic mass is 16.2. The summed E-state index contributed by atoms with van der Waals surface area (Å²) in [5, 5.41) is 0. The third-order valence-electron chi connectivity index (χ3n) is 4.23. The van der Waals surface area contributed by atoms with Gasteiger partial charge in [-0.1, -0.05) is 30.3 Å². The Morgan fingerprint density at radius 1 is 1.24 bits per heavy atom. The molecule has 1 unspecified atom stereocenters. The molecule has 0 bridgehead atoms. The second-order valence-electron chi connectivity index (χ2n) is 5.75. The standard InChI is InChI=1S/C16H26N4O/c1-14(7-8-16(21)18-17)20-11-9-19(10-12-20)13-15-5-3-2-4-6-15/h2-6,14H,7-13,17H2,1H3,(H,18,21). The number of hydrazine groups is 1. The normalized spacial score (nSPS) is 18.4. The number of hydrogen-bond donors (Lipinski definition) is 2. The van der Waals surface area contributed by atoms with Crippen molar-refractivity contribution in [2.45, 2.75) is 32.4 Å². The third kappa shape index (κ3) is 5.12. The van der Waals surface area contributed by atoms with E-state index in [2.05, 4.69) is 52.5 Å². The molecule has 3 N–H and O–H groups in total. The second kappa shape index (κ2) is 8.12. The van der Waals surface area contributed by atoms with Crippen LogP contribution in [0.4, 0.5) is 0 Å². The van der Waals surface area contributed by atoms with Gasteiger partial charge in [0.2, 0.25) is 5.91 Å². The van der Waals surface area contributed by atoms with Crippen LogP contribution in [0, 0.1) is 0 Å². The van der Waals surface area contributed by atoms with Gasteiger partial charge in [-0.25, -0.2) is 5.84 Å². The van der Waals surface area contributed by atoms with Crippen molar-refractivity contribution < 1.29 is 4.79 Å². The molecular formula is C16H26N4O. The average Bonchev–Trinajstić information content (AvgIpc) is 2.54. The maximum Gasteiger partial charge on any atom is 0.233 e. The summed E-state index contributed by atoms with van der Waals surface area (Å²) >= 11 is 0. The van der Waals surface area contributed by atoms with E-state index in [1.54, 1.807) is 0 Å². The van der Waals surface area contributed by atoms with Gasteiger partial charge in [0.15, 0.2) is 0 Å². The summed E-state index contributed by atoms with van der Waals surface area (Å²) in [6, 6.07) is 11.0. The number of piperazine rings is 1. The van der Waals surface area contributed by atoms with Gasteiger partial charge in [0, 0.05) is 45.2 Å². The van der Waals surface area contributed by atoms with E-state index in [0.29, 0.717) is 12.5 Å². The summed E-state index contributed by atoms with van der Waals surface area (Å²) in [7, 11) is 0. The Hall–Kier alpha value is -1.43. The Morgan fingerprint density at radius 3 is 2.52 bits per heavy atom. The van der Waals surface area contributed by atoms with Gasteiger partial charge in [-0.05, 0) is 18.9 Å². The Labute approximate surface area is 127 Å². The molecule has 1 aliphatic heterocycles. The molecule has 0 spiro atoms. The second-order valence-corrected chi connectivity index (χ2v) is 5.75. The van der Waals surface area contributed by atoms with Gasteiger partial charge in [0.1, 0.15) is 0 Å². The largest absolute Gasteiger partial charge is 0.298 e. The van der Waals surface area contributed by atoms with E-state index >= 15 is 0 Å². The van der Waals surface area contributed by atoms with Crippen LogP contribution >= 0.6 is 0 Å². The molecule has 0 saturated carbocycles. The van der Waals surface area contributed by atoms with Crippen molar-refractivity contribution in [1.82, 2.24) is 15.2 Å². The quantitative estimate of drug-likeness (QED) is 0.465. The molecule has 116 valence electrons. The van der Waals surface area contributed by atoms with Crippen molar-refractivity contribution in [3.8, 4) is 0 Å². The minimum Gasteiger partial charge on any atom is -0.298 e. The highest BCUT2D eigenvalue weighted by molar-refractivity contribution is 5.75. The first kappa shape index (κ1) is 15.9. The van der Waals surface area contributed by atoms with E-state index in [1.807, 2.05) is 0 Å². The van der Waals surface area contributed by atoms with Crippen molar-refractivity contribution >= 4 is 5.91 Å². The Balaban J connectivity index is 1.71. The summed E-state index contributed by atoms with van der Waals surface area (Å²) in [5.41, 5.74) is 3.57. The molecule has 1 atom stereocenters. The summed E-state index contributed by atoms with van der Waals surface area (Å²) in [6.45, 7) is 7.52. The number of nitrogens with one attached hydrogen (secondary N) is 1. The van der Waals surface area contributed by atoms with Crippen LogP contribution in [0.3, 0.4) is 0 Å². The zero-order valence-electron chi connectivity index (χ0n) is 12.8. The van der Waals surface area contributed by atoms with E-state index in [4.69, 9.17) is 5.84 Å². The Kier molecular flexibility index (Phi) is 6.17. The number of rotatable bonds is 6. The lowest BCUT2D eigenvalue weighted by molar-refractivity contribution is -0.121. The monoisotopic (exact) mass is 290 g/mol. The summed E-state index contributed by atoms with van der Waals surface area (Å²) in [4.78, 5) is 16.1. The predicted octanol–water partition coefficient (Wildman–Crippen LogP) is 0.963. The topological polar surface area (TPSA) is 61.6 Å². The highest BCUT2D eigenvalue weighted by Crippen LogP contribution is 2.13. The fraction of sp³-hybridized carbons (Fsp3) is 0.562. The van der Waals surface area contributed by atoms with Gasteiger partial charge in [-0.3, -0.25) is 20.0 Å². The van der Waals surface area contributed by atoms with Gasteiger partial charge in [-0.2, -0.15) is 0 Å². The molecular weight excluding hydrogens is 264 g/mol. The SMILES string of the molecule is CC(CCC(=O)NN)N1CCN(Cc2ccccc2)CC1. The third-order valence-corrected chi connectivity index (χ3v) is 4.23. The van der Waals surface area contributed by atoms with Crippen LogP contribution in [0.15, 0.2) is 30.3 Å². The van der Waals surface area contributed by atoms with Crippen molar-refractivity contribution in [2.75, 3.05) is 26.2 Å². The van der Waals surface area contributed by atoms with Crippen molar-refractivity contribution in [3.63, 3.8) is 0 Å². The number of nitrogens with two attached hydrogens (primary N) is 1. The summed E-state index contributed by atoms with van der Waals surface area (Å²) in [5.74, 6) is 5.03. The molecule has 1 fully saturated rings. The van der Waals surface area contributed by atoms with Crippen LogP contribution in [-0.4, -0.2) is 47.9 Å². The molecule has 0 aliphatic carbocycles. The van der Waals surface area contributed by atoms with Crippen molar-refractivity contribution in [2.24, 2.45) is 5.84 Å². The van der Waals surface area contributed by atoms with Gasteiger partial charge in [0.25, 0.3) is 0 Å². The minimum absolute atomic E-state index is 0.0791. The first-order chi connectivity index (χ1) is 10.2. The number of benzene rings is 1. The van der Waals surface area contributed by atoms with Gasteiger partial charge in [-0.15, -0.1) is 0 Å². The summed E-state index contributed by atoms with van der Waals surface area (Å²) in [6.07, 6.45) is 1.36. The van der Waals surface area contributed by atoms with Crippen LogP contribution in [0.5, 0.6) is 0 Å². The number of carbonyl (C=O) groups is 1. The van der Waals surface area contributed by atoms with Gasteiger partial charge in [0.05, 0.1) is 0 Å². The van der Waals surface area contributed by atoms with Crippen molar-refractivity contribution in [1.29, 1.82) is 0 Å². The molecule has 21 heavy (non-hydrogen) atoms. The smallest absolute Gasteiger partial charge is 0.233 e. The molecule has 5 nitrogen and oxygen atoms in total.